The van der Waals surface area contributed by atoms with Crippen LogP contribution in [0.1, 0.15) is 38.3 Å². The maximum atomic E-state index is 5.57. The molecule has 0 bridgehead atoms. The SMILES string of the molecule is CCNC(=NCCCOCC(C)C)NCCc1ccncc1C. The van der Waals surface area contributed by atoms with Crippen molar-refractivity contribution in [3.63, 3.8) is 0 Å². The summed E-state index contributed by atoms with van der Waals surface area (Å²) < 4.78 is 5.57. The Morgan fingerprint density at radius 2 is 2.17 bits per heavy atom. The number of ether oxygens (including phenoxy) is 1. The van der Waals surface area contributed by atoms with Gasteiger partial charge in [-0.3, -0.25) is 9.98 Å². The third-order valence-corrected chi connectivity index (χ3v) is 3.34. The third kappa shape index (κ3) is 9.18. The number of aromatic nitrogens is 1. The summed E-state index contributed by atoms with van der Waals surface area (Å²) in [6.07, 6.45) is 5.67. The minimum Gasteiger partial charge on any atom is -0.381 e. The molecule has 2 N–H and O–H groups in total. The molecule has 0 fully saturated rings. The molecule has 1 heterocycles. The van der Waals surface area contributed by atoms with E-state index in [0.29, 0.717) is 5.92 Å². The second-order valence-electron chi connectivity index (χ2n) is 6.06. The molecule has 1 aromatic rings. The lowest BCUT2D eigenvalue weighted by molar-refractivity contribution is 0.109. The zero-order chi connectivity index (χ0) is 16.9. The van der Waals surface area contributed by atoms with Crippen molar-refractivity contribution in [1.82, 2.24) is 15.6 Å². The molecule has 0 amide bonds. The minimum atomic E-state index is 0.592. The average Bonchev–Trinajstić information content (AvgIpc) is 2.52. The Morgan fingerprint density at radius 1 is 1.35 bits per heavy atom. The normalized spacial score (nSPS) is 11.8. The maximum absolute atomic E-state index is 5.57. The van der Waals surface area contributed by atoms with Crippen molar-refractivity contribution in [2.75, 3.05) is 32.8 Å². The first-order valence-corrected chi connectivity index (χ1v) is 8.62. The van der Waals surface area contributed by atoms with Gasteiger partial charge in [0.15, 0.2) is 5.96 Å². The second-order valence-corrected chi connectivity index (χ2v) is 6.06. The summed E-state index contributed by atoms with van der Waals surface area (Å²) in [5, 5.41) is 6.66. The van der Waals surface area contributed by atoms with Gasteiger partial charge in [0.1, 0.15) is 0 Å². The van der Waals surface area contributed by atoms with Gasteiger partial charge < -0.3 is 15.4 Å². The minimum absolute atomic E-state index is 0.592. The first-order chi connectivity index (χ1) is 11.1. The van der Waals surface area contributed by atoms with E-state index in [1.165, 1.54) is 11.1 Å². The predicted molar refractivity (Wildman–Crippen MR) is 96.9 cm³/mol. The van der Waals surface area contributed by atoms with Gasteiger partial charge in [-0.15, -0.1) is 0 Å². The summed E-state index contributed by atoms with van der Waals surface area (Å²) in [5.41, 5.74) is 2.56. The number of nitrogens with one attached hydrogen (secondary N) is 2. The van der Waals surface area contributed by atoms with Gasteiger partial charge in [-0.2, -0.15) is 0 Å². The second kappa shape index (κ2) is 11.9. The van der Waals surface area contributed by atoms with Crippen molar-refractivity contribution in [3.8, 4) is 0 Å². The van der Waals surface area contributed by atoms with E-state index in [2.05, 4.69) is 54.4 Å². The monoisotopic (exact) mass is 320 g/mol. The topological polar surface area (TPSA) is 58.5 Å². The van der Waals surface area contributed by atoms with E-state index in [-0.39, 0.29) is 0 Å². The Bertz CT molecular complexity index is 460. The fraction of sp³-hybridized carbons (Fsp3) is 0.667. The summed E-state index contributed by atoms with van der Waals surface area (Å²) in [5.74, 6) is 1.47. The number of hydrogen-bond acceptors (Lipinski definition) is 3. The summed E-state index contributed by atoms with van der Waals surface area (Å²) >= 11 is 0. The Balaban J connectivity index is 2.28. The summed E-state index contributed by atoms with van der Waals surface area (Å²) in [7, 11) is 0. The van der Waals surface area contributed by atoms with Crippen LogP contribution in [0.2, 0.25) is 0 Å². The van der Waals surface area contributed by atoms with Gasteiger partial charge in [-0.05, 0) is 49.8 Å². The van der Waals surface area contributed by atoms with E-state index in [1.54, 1.807) is 0 Å². The molecule has 5 heteroatoms. The van der Waals surface area contributed by atoms with Crippen molar-refractivity contribution < 1.29 is 4.74 Å². The van der Waals surface area contributed by atoms with Gasteiger partial charge in [0, 0.05) is 45.2 Å². The number of hydrogen-bond donors (Lipinski definition) is 2. The van der Waals surface area contributed by atoms with Crippen LogP contribution in [-0.4, -0.2) is 43.8 Å². The lowest BCUT2D eigenvalue weighted by atomic mass is 10.1. The van der Waals surface area contributed by atoms with Gasteiger partial charge in [-0.25, -0.2) is 0 Å². The Hall–Kier alpha value is -1.62. The molecule has 0 saturated heterocycles. The van der Waals surface area contributed by atoms with Crippen LogP contribution >= 0.6 is 0 Å². The Morgan fingerprint density at radius 3 is 2.87 bits per heavy atom. The van der Waals surface area contributed by atoms with Crippen LogP contribution in [0.15, 0.2) is 23.5 Å². The number of guanidine groups is 1. The Labute approximate surface area is 141 Å². The first kappa shape index (κ1) is 19.4. The number of aliphatic imine (C=N–C) groups is 1. The molecule has 5 nitrogen and oxygen atoms in total. The molecule has 0 aliphatic carbocycles. The molecular formula is C18H32N4O. The predicted octanol–water partition coefficient (Wildman–Crippen LogP) is 2.55. The first-order valence-electron chi connectivity index (χ1n) is 8.62. The zero-order valence-electron chi connectivity index (χ0n) is 15.1. The van der Waals surface area contributed by atoms with E-state index in [4.69, 9.17) is 4.74 Å². The molecule has 0 aromatic carbocycles. The molecule has 23 heavy (non-hydrogen) atoms. The van der Waals surface area contributed by atoms with Gasteiger partial charge in [-0.1, -0.05) is 13.8 Å². The fourth-order valence-electron chi connectivity index (χ4n) is 2.12. The van der Waals surface area contributed by atoms with Crippen LogP contribution in [0.4, 0.5) is 0 Å². The maximum Gasteiger partial charge on any atom is 0.191 e. The van der Waals surface area contributed by atoms with Crippen LogP contribution in [0.3, 0.4) is 0 Å². The molecule has 0 radical (unpaired) electrons. The van der Waals surface area contributed by atoms with Gasteiger partial charge >= 0.3 is 0 Å². The van der Waals surface area contributed by atoms with Gasteiger partial charge in [0.05, 0.1) is 0 Å². The molecule has 1 aromatic heterocycles. The molecular weight excluding hydrogens is 288 g/mol. The van der Waals surface area contributed by atoms with Gasteiger partial charge in [0.25, 0.3) is 0 Å². The summed E-state index contributed by atoms with van der Waals surface area (Å²) in [6.45, 7) is 12.6. The number of rotatable bonds is 10. The highest BCUT2D eigenvalue weighted by molar-refractivity contribution is 5.79. The highest BCUT2D eigenvalue weighted by Crippen LogP contribution is 2.04. The van der Waals surface area contributed by atoms with Crippen LogP contribution < -0.4 is 10.6 Å². The van der Waals surface area contributed by atoms with E-state index in [1.807, 2.05) is 12.4 Å². The van der Waals surface area contributed by atoms with E-state index < -0.39 is 0 Å². The van der Waals surface area contributed by atoms with E-state index in [0.717, 1.165) is 51.6 Å². The van der Waals surface area contributed by atoms with E-state index >= 15 is 0 Å². The van der Waals surface area contributed by atoms with Crippen LogP contribution in [0, 0.1) is 12.8 Å². The van der Waals surface area contributed by atoms with Crippen molar-refractivity contribution >= 4 is 5.96 Å². The number of pyridine rings is 1. The lowest BCUT2D eigenvalue weighted by Crippen LogP contribution is -2.38. The van der Waals surface area contributed by atoms with Crippen LogP contribution in [0.25, 0.3) is 0 Å². The molecule has 0 aliphatic rings. The van der Waals surface area contributed by atoms with Crippen molar-refractivity contribution in [3.05, 3.63) is 29.6 Å². The number of nitrogens with zero attached hydrogens (tertiary/aromatic N) is 2. The van der Waals surface area contributed by atoms with Crippen LogP contribution in [0.5, 0.6) is 0 Å². The molecule has 130 valence electrons. The van der Waals surface area contributed by atoms with Crippen molar-refractivity contribution in [1.29, 1.82) is 0 Å². The quantitative estimate of drug-likeness (QED) is 0.395. The largest absolute Gasteiger partial charge is 0.381 e. The van der Waals surface area contributed by atoms with E-state index in [9.17, 15) is 0 Å². The van der Waals surface area contributed by atoms with Crippen molar-refractivity contribution in [2.24, 2.45) is 10.9 Å². The van der Waals surface area contributed by atoms with Gasteiger partial charge in [0.2, 0.25) is 0 Å². The molecule has 0 atom stereocenters. The zero-order valence-corrected chi connectivity index (χ0v) is 15.1. The van der Waals surface area contributed by atoms with Crippen molar-refractivity contribution in [2.45, 2.75) is 40.5 Å². The Kier molecular flexibility index (Phi) is 10.0. The smallest absolute Gasteiger partial charge is 0.191 e. The third-order valence-electron chi connectivity index (χ3n) is 3.34. The number of aryl methyl sites for hydroxylation is 1. The molecule has 0 saturated carbocycles. The summed E-state index contributed by atoms with van der Waals surface area (Å²) in [4.78, 5) is 8.71. The molecule has 1 rings (SSSR count). The standard InChI is InChI=1S/C18H32N4O/c1-5-20-18(21-9-6-12-23-14-15(2)3)22-11-8-17-7-10-19-13-16(17)4/h7,10,13,15H,5-6,8-9,11-12,14H2,1-4H3,(H2,20,21,22). The molecule has 0 aliphatic heterocycles. The summed E-state index contributed by atoms with van der Waals surface area (Å²) in [6, 6.07) is 2.08. The highest BCUT2D eigenvalue weighted by Gasteiger charge is 2.00. The highest BCUT2D eigenvalue weighted by atomic mass is 16.5. The average molecular weight is 320 g/mol. The lowest BCUT2D eigenvalue weighted by Gasteiger charge is -2.12. The van der Waals surface area contributed by atoms with Crippen LogP contribution in [-0.2, 0) is 11.2 Å². The molecule has 0 unspecified atom stereocenters. The molecule has 0 spiro atoms. The fourth-order valence-corrected chi connectivity index (χ4v) is 2.12.